The van der Waals surface area contributed by atoms with Crippen molar-refractivity contribution in [3.63, 3.8) is 0 Å². The van der Waals surface area contributed by atoms with Gasteiger partial charge in [-0.2, -0.15) is 0 Å². The largest absolute Gasteiger partial charge is 0.469 e. The molecule has 0 bridgehead atoms. The summed E-state index contributed by atoms with van der Waals surface area (Å²) in [4.78, 5) is 11.6. The van der Waals surface area contributed by atoms with Crippen LogP contribution in [0.5, 0.6) is 0 Å². The van der Waals surface area contributed by atoms with Crippen LogP contribution in [0.1, 0.15) is 44.1 Å². The Morgan fingerprint density at radius 3 is 2.42 bits per heavy atom. The van der Waals surface area contributed by atoms with Crippen LogP contribution in [0.2, 0.25) is 0 Å². The first-order chi connectivity index (χ1) is 9.07. The van der Waals surface area contributed by atoms with Crippen molar-refractivity contribution in [1.82, 2.24) is 0 Å². The maximum Gasteiger partial charge on any atom is 0.311 e. The summed E-state index contributed by atoms with van der Waals surface area (Å²) in [6.45, 7) is 1.76. The molecule has 1 aliphatic rings. The number of benzene rings is 1. The fraction of sp³-hybridized carbons (Fsp3) is 0.562. The van der Waals surface area contributed by atoms with Crippen molar-refractivity contribution < 1.29 is 14.6 Å². The van der Waals surface area contributed by atoms with Gasteiger partial charge in [0.15, 0.2) is 0 Å². The molecule has 1 aromatic carbocycles. The number of hydrogen-bond acceptors (Lipinski definition) is 3. The summed E-state index contributed by atoms with van der Waals surface area (Å²) in [6, 6.07) is 10.4. The summed E-state index contributed by atoms with van der Waals surface area (Å²) < 4.78 is 4.74. The van der Waals surface area contributed by atoms with E-state index in [1.807, 2.05) is 18.2 Å². The van der Waals surface area contributed by atoms with Gasteiger partial charge in [0.2, 0.25) is 0 Å². The van der Waals surface area contributed by atoms with Crippen LogP contribution < -0.4 is 0 Å². The van der Waals surface area contributed by atoms with Crippen LogP contribution >= 0.6 is 0 Å². The Labute approximate surface area is 114 Å². The molecule has 0 heterocycles. The van der Waals surface area contributed by atoms with E-state index in [1.54, 1.807) is 6.92 Å². The lowest BCUT2D eigenvalue weighted by Gasteiger charge is -2.39. The van der Waals surface area contributed by atoms with Crippen LogP contribution in [0, 0.1) is 5.92 Å². The molecule has 1 aromatic rings. The smallest absolute Gasteiger partial charge is 0.311 e. The van der Waals surface area contributed by atoms with Gasteiger partial charge in [-0.05, 0) is 44.1 Å². The average Bonchev–Trinajstić information content (AvgIpc) is 2.47. The third-order valence-corrected chi connectivity index (χ3v) is 4.48. The first kappa shape index (κ1) is 14.1. The summed E-state index contributed by atoms with van der Waals surface area (Å²) in [7, 11) is 1.37. The number of carbonyl (C=O) groups is 1. The maximum atomic E-state index is 11.6. The molecule has 1 fully saturated rings. The van der Waals surface area contributed by atoms with Gasteiger partial charge in [0.05, 0.1) is 18.6 Å². The predicted molar refractivity (Wildman–Crippen MR) is 73.8 cm³/mol. The van der Waals surface area contributed by atoms with Gasteiger partial charge >= 0.3 is 5.97 Å². The maximum absolute atomic E-state index is 11.6. The summed E-state index contributed by atoms with van der Waals surface area (Å²) in [5.41, 5.74) is 0.425. The second-order valence-electron chi connectivity index (χ2n) is 5.53. The third kappa shape index (κ3) is 2.98. The van der Waals surface area contributed by atoms with Crippen LogP contribution in [-0.2, 0) is 9.53 Å². The molecule has 3 heteroatoms. The van der Waals surface area contributed by atoms with E-state index in [1.165, 1.54) is 12.7 Å². The Kier molecular flexibility index (Phi) is 4.25. The molecular weight excluding hydrogens is 240 g/mol. The minimum absolute atomic E-state index is 0.319. The van der Waals surface area contributed by atoms with E-state index in [0.29, 0.717) is 18.8 Å². The van der Waals surface area contributed by atoms with E-state index >= 15 is 0 Å². The lowest BCUT2D eigenvalue weighted by atomic mass is 9.71. The highest BCUT2D eigenvalue weighted by Gasteiger charge is 2.42. The average molecular weight is 262 g/mol. The van der Waals surface area contributed by atoms with Crippen molar-refractivity contribution in [2.24, 2.45) is 5.92 Å². The van der Waals surface area contributed by atoms with Crippen molar-refractivity contribution in [2.45, 2.75) is 44.1 Å². The molecule has 3 nitrogen and oxygen atoms in total. The summed E-state index contributed by atoms with van der Waals surface area (Å²) in [6.07, 6.45) is 3.15. The van der Waals surface area contributed by atoms with E-state index in [9.17, 15) is 9.90 Å². The first-order valence-corrected chi connectivity index (χ1v) is 6.92. The molecule has 2 rings (SSSR count). The fourth-order valence-electron chi connectivity index (χ4n) is 3.01. The third-order valence-electron chi connectivity index (χ3n) is 4.48. The number of ether oxygens (including phenoxy) is 1. The van der Waals surface area contributed by atoms with Gasteiger partial charge in [0.25, 0.3) is 0 Å². The van der Waals surface area contributed by atoms with Crippen molar-refractivity contribution in [3.8, 4) is 0 Å². The van der Waals surface area contributed by atoms with Gasteiger partial charge in [0, 0.05) is 0 Å². The van der Waals surface area contributed by atoms with Crippen LogP contribution in [0.15, 0.2) is 30.3 Å². The monoisotopic (exact) mass is 262 g/mol. The second kappa shape index (κ2) is 5.74. The molecular formula is C16H22O3. The van der Waals surface area contributed by atoms with Gasteiger partial charge in [-0.15, -0.1) is 0 Å². The number of methoxy groups -OCH3 is 1. The Balaban J connectivity index is 2.00. The molecule has 0 saturated heterocycles. The Morgan fingerprint density at radius 1 is 1.32 bits per heavy atom. The molecule has 19 heavy (non-hydrogen) atoms. The normalized spacial score (nSPS) is 28.7. The zero-order valence-corrected chi connectivity index (χ0v) is 11.6. The minimum atomic E-state index is -0.904. The number of carbonyl (C=O) groups excluding carboxylic acids is 1. The van der Waals surface area contributed by atoms with E-state index in [0.717, 1.165) is 12.8 Å². The molecule has 1 unspecified atom stereocenters. The molecule has 0 aromatic heterocycles. The number of aliphatic hydroxyl groups is 1. The number of rotatable bonds is 3. The van der Waals surface area contributed by atoms with E-state index in [2.05, 4.69) is 12.1 Å². The van der Waals surface area contributed by atoms with Gasteiger partial charge in [-0.3, -0.25) is 4.79 Å². The molecule has 1 saturated carbocycles. The van der Waals surface area contributed by atoms with Crippen molar-refractivity contribution in [3.05, 3.63) is 35.9 Å². The minimum Gasteiger partial charge on any atom is -0.469 e. The van der Waals surface area contributed by atoms with Crippen molar-refractivity contribution >= 4 is 5.97 Å². The SMILES string of the molecule is COC(=O)C(C)[C@]1(O)CC[C@H](c2ccccc2)CC1. The van der Waals surface area contributed by atoms with Crippen LogP contribution in [0.25, 0.3) is 0 Å². The zero-order chi connectivity index (χ0) is 13.9. The molecule has 1 N–H and O–H groups in total. The van der Waals surface area contributed by atoms with Crippen LogP contribution in [0.4, 0.5) is 0 Å². The summed E-state index contributed by atoms with van der Waals surface area (Å²) >= 11 is 0. The zero-order valence-electron chi connectivity index (χ0n) is 11.6. The van der Waals surface area contributed by atoms with Gasteiger partial charge in [-0.25, -0.2) is 0 Å². The lowest BCUT2D eigenvalue weighted by molar-refractivity contribution is -0.157. The Morgan fingerprint density at radius 2 is 1.89 bits per heavy atom. The van der Waals surface area contributed by atoms with Gasteiger partial charge in [-0.1, -0.05) is 30.3 Å². The molecule has 1 atom stereocenters. The lowest BCUT2D eigenvalue weighted by Crippen LogP contribution is -2.44. The predicted octanol–water partition coefficient (Wildman–Crippen LogP) is 2.88. The van der Waals surface area contributed by atoms with Crippen molar-refractivity contribution in [1.29, 1.82) is 0 Å². The molecule has 0 amide bonds. The fourth-order valence-corrected chi connectivity index (χ4v) is 3.01. The molecule has 0 radical (unpaired) electrons. The highest BCUT2D eigenvalue weighted by atomic mass is 16.5. The molecule has 104 valence electrons. The highest BCUT2D eigenvalue weighted by molar-refractivity contribution is 5.73. The van der Waals surface area contributed by atoms with E-state index in [-0.39, 0.29) is 5.97 Å². The Bertz CT molecular complexity index is 419. The van der Waals surface area contributed by atoms with Crippen LogP contribution in [0.3, 0.4) is 0 Å². The quantitative estimate of drug-likeness (QED) is 0.852. The number of hydrogen-bond donors (Lipinski definition) is 1. The highest BCUT2D eigenvalue weighted by Crippen LogP contribution is 2.41. The number of esters is 1. The first-order valence-electron chi connectivity index (χ1n) is 6.92. The summed E-state index contributed by atoms with van der Waals surface area (Å²) in [5.74, 6) is -0.277. The van der Waals surface area contributed by atoms with E-state index in [4.69, 9.17) is 4.74 Å². The standard InChI is InChI=1S/C16H22O3/c1-12(15(17)19-2)16(18)10-8-14(9-11-16)13-6-4-3-5-7-13/h3-7,12,14,18H,8-11H2,1-2H3/t12?,14-,16-. The van der Waals surface area contributed by atoms with Crippen LogP contribution in [-0.4, -0.2) is 23.8 Å². The molecule has 1 aliphatic carbocycles. The topological polar surface area (TPSA) is 46.5 Å². The summed E-state index contributed by atoms with van der Waals surface area (Å²) in [5, 5.41) is 10.6. The van der Waals surface area contributed by atoms with E-state index < -0.39 is 11.5 Å². The molecule has 0 spiro atoms. The Hall–Kier alpha value is -1.35. The van der Waals surface area contributed by atoms with Crippen molar-refractivity contribution in [2.75, 3.05) is 7.11 Å². The van der Waals surface area contributed by atoms with Gasteiger partial charge < -0.3 is 9.84 Å². The molecule has 0 aliphatic heterocycles. The second-order valence-corrected chi connectivity index (χ2v) is 5.53. The van der Waals surface area contributed by atoms with Gasteiger partial charge in [0.1, 0.15) is 0 Å².